The van der Waals surface area contributed by atoms with Gasteiger partial charge in [-0.3, -0.25) is 4.79 Å². The van der Waals surface area contributed by atoms with E-state index < -0.39 is 0 Å². The van der Waals surface area contributed by atoms with E-state index >= 15 is 0 Å². The quantitative estimate of drug-likeness (QED) is 0.485. The zero-order valence-corrected chi connectivity index (χ0v) is 15.1. The van der Waals surface area contributed by atoms with Crippen molar-refractivity contribution in [1.29, 1.82) is 0 Å². The summed E-state index contributed by atoms with van der Waals surface area (Å²) in [7, 11) is 0. The van der Waals surface area contributed by atoms with Gasteiger partial charge in [-0.05, 0) is 48.5 Å². The summed E-state index contributed by atoms with van der Waals surface area (Å²) >= 11 is 0. The van der Waals surface area contributed by atoms with E-state index in [9.17, 15) is 4.79 Å². The minimum atomic E-state index is -0.134. The molecule has 3 aromatic heterocycles. The van der Waals surface area contributed by atoms with Gasteiger partial charge in [0.15, 0.2) is 5.82 Å². The Morgan fingerprint density at radius 1 is 0.929 bits per heavy atom. The molecule has 28 heavy (non-hydrogen) atoms. The van der Waals surface area contributed by atoms with E-state index in [-0.39, 0.29) is 5.91 Å². The lowest BCUT2D eigenvalue weighted by Crippen LogP contribution is -2.29. The second kappa shape index (κ2) is 8.17. The van der Waals surface area contributed by atoms with Gasteiger partial charge in [0.25, 0.3) is 5.91 Å². The molecule has 4 rings (SSSR count). The standard InChI is InChI=1S/C20H19N7O/c28-20(16-5-3-6-17(15-16)27-14-4-9-23-27)22-11-10-21-18-7-8-19(25-24-18)26-12-1-2-13-26/h1-9,12-15H,10-11H2,(H,21,24)(H,22,28). The third-order valence-electron chi connectivity index (χ3n) is 4.11. The second-order valence-electron chi connectivity index (χ2n) is 6.05. The molecule has 0 fully saturated rings. The van der Waals surface area contributed by atoms with Crippen LogP contribution in [0, 0.1) is 0 Å². The van der Waals surface area contributed by atoms with Crippen LogP contribution in [-0.2, 0) is 0 Å². The Morgan fingerprint density at radius 2 is 1.82 bits per heavy atom. The van der Waals surface area contributed by atoms with Gasteiger partial charge in [0.2, 0.25) is 0 Å². The maximum Gasteiger partial charge on any atom is 0.251 e. The first kappa shape index (κ1) is 17.5. The predicted molar refractivity (Wildman–Crippen MR) is 106 cm³/mol. The highest BCUT2D eigenvalue weighted by molar-refractivity contribution is 5.94. The Hall–Kier alpha value is -3.94. The van der Waals surface area contributed by atoms with Crippen molar-refractivity contribution < 1.29 is 4.79 Å². The van der Waals surface area contributed by atoms with Crippen molar-refractivity contribution in [2.45, 2.75) is 0 Å². The lowest BCUT2D eigenvalue weighted by Gasteiger charge is -2.09. The Kier molecular flexibility index (Phi) is 5.10. The minimum Gasteiger partial charge on any atom is -0.367 e. The molecule has 0 radical (unpaired) electrons. The molecule has 4 aromatic rings. The first-order chi connectivity index (χ1) is 13.8. The molecule has 0 bridgehead atoms. The molecule has 0 atom stereocenters. The highest BCUT2D eigenvalue weighted by atomic mass is 16.1. The molecule has 140 valence electrons. The van der Waals surface area contributed by atoms with Gasteiger partial charge in [0.05, 0.1) is 5.69 Å². The summed E-state index contributed by atoms with van der Waals surface area (Å²) in [5.41, 5.74) is 1.43. The summed E-state index contributed by atoms with van der Waals surface area (Å²) in [5, 5.41) is 18.5. The number of nitrogens with zero attached hydrogens (tertiary/aromatic N) is 5. The fourth-order valence-electron chi connectivity index (χ4n) is 2.72. The summed E-state index contributed by atoms with van der Waals surface area (Å²) in [4.78, 5) is 12.4. The van der Waals surface area contributed by atoms with Crippen molar-refractivity contribution in [2.75, 3.05) is 18.4 Å². The predicted octanol–water partition coefficient (Wildman–Crippen LogP) is 2.29. The molecule has 0 unspecified atom stereocenters. The Balaban J connectivity index is 1.27. The zero-order chi connectivity index (χ0) is 19.2. The van der Waals surface area contributed by atoms with E-state index in [2.05, 4.69) is 25.9 Å². The third-order valence-corrected chi connectivity index (χ3v) is 4.11. The van der Waals surface area contributed by atoms with Crippen molar-refractivity contribution in [1.82, 2.24) is 29.9 Å². The van der Waals surface area contributed by atoms with Crippen LogP contribution in [0.3, 0.4) is 0 Å². The summed E-state index contributed by atoms with van der Waals surface area (Å²) < 4.78 is 3.60. The summed E-state index contributed by atoms with van der Waals surface area (Å²) in [6.45, 7) is 1.01. The number of rotatable bonds is 7. The van der Waals surface area contributed by atoms with Crippen LogP contribution in [0.15, 0.2) is 79.4 Å². The molecule has 3 heterocycles. The molecule has 8 nitrogen and oxygen atoms in total. The zero-order valence-electron chi connectivity index (χ0n) is 15.1. The summed E-state index contributed by atoms with van der Waals surface area (Å²) in [6.07, 6.45) is 7.36. The second-order valence-corrected chi connectivity index (χ2v) is 6.05. The molecule has 0 aliphatic carbocycles. The van der Waals surface area contributed by atoms with Crippen LogP contribution in [0.1, 0.15) is 10.4 Å². The normalized spacial score (nSPS) is 10.6. The Labute approximate surface area is 161 Å². The van der Waals surface area contributed by atoms with Crippen LogP contribution >= 0.6 is 0 Å². The van der Waals surface area contributed by atoms with Crippen molar-refractivity contribution in [3.05, 3.63) is 84.9 Å². The van der Waals surface area contributed by atoms with E-state index in [0.717, 1.165) is 11.5 Å². The number of hydrogen-bond donors (Lipinski definition) is 2. The third kappa shape index (κ3) is 4.07. The van der Waals surface area contributed by atoms with E-state index in [4.69, 9.17) is 0 Å². The van der Waals surface area contributed by atoms with Crippen LogP contribution in [0.2, 0.25) is 0 Å². The van der Waals surface area contributed by atoms with Crippen molar-refractivity contribution in [3.63, 3.8) is 0 Å². The maximum absolute atomic E-state index is 12.4. The van der Waals surface area contributed by atoms with E-state index in [1.807, 2.05) is 65.6 Å². The van der Waals surface area contributed by atoms with Crippen LogP contribution in [-0.4, -0.2) is 43.5 Å². The van der Waals surface area contributed by atoms with Crippen molar-refractivity contribution in [3.8, 4) is 11.5 Å². The number of aromatic nitrogens is 5. The minimum absolute atomic E-state index is 0.134. The average Bonchev–Trinajstić information content (AvgIpc) is 3.46. The monoisotopic (exact) mass is 373 g/mol. The van der Waals surface area contributed by atoms with E-state index in [1.54, 1.807) is 23.0 Å². The van der Waals surface area contributed by atoms with Crippen LogP contribution in [0.25, 0.3) is 11.5 Å². The molecule has 0 saturated carbocycles. The number of nitrogens with one attached hydrogen (secondary N) is 2. The van der Waals surface area contributed by atoms with E-state index in [1.165, 1.54) is 0 Å². The molecule has 0 saturated heterocycles. The smallest absolute Gasteiger partial charge is 0.251 e. The molecular weight excluding hydrogens is 354 g/mol. The first-order valence-corrected chi connectivity index (χ1v) is 8.89. The van der Waals surface area contributed by atoms with Gasteiger partial charge in [-0.25, -0.2) is 4.68 Å². The van der Waals surface area contributed by atoms with Gasteiger partial charge in [-0.15, -0.1) is 10.2 Å². The maximum atomic E-state index is 12.4. The van der Waals surface area contributed by atoms with Gasteiger partial charge in [0.1, 0.15) is 5.82 Å². The van der Waals surface area contributed by atoms with Crippen LogP contribution < -0.4 is 10.6 Å². The van der Waals surface area contributed by atoms with Crippen molar-refractivity contribution >= 4 is 11.7 Å². The lowest BCUT2D eigenvalue weighted by atomic mass is 10.2. The fourth-order valence-corrected chi connectivity index (χ4v) is 2.72. The number of hydrogen-bond acceptors (Lipinski definition) is 5. The summed E-state index contributed by atoms with van der Waals surface area (Å²) in [6, 6.07) is 16.8. The lowest BCUT2D eigenvalue weighted by molar-refractivity contribution is 0.0955. The number of carbonyl (C=O) groups is 1. The largest absolute Gasteiger partial charge is 0.367 e. The molecule has 1 aromatic carbocycles. The van der Waals surface area contributed by atoms with Gasteiger partial charge in [0, 0.05) is 43.4 Å². The SMILES string of the molecule is O=C(NCCNc1ccc(-n2cccc2)nn1)c1cccc(-n2cccn2)c1. The molecule has 8 heteroatoms. The molecule has 0 spiro atoms. The summed E-state index contributed by atoms with van der Waals surface area (Å²) in [5.74, 6) is 1.27. The topological polar surface area (TPSA) is 89.7 Å². The molecule has 1 amide bonds. The van der Waals surface area contributed by atoms with Gasteiger partial charge < -0.3 is 15.2 Å². The molecule has 0 aliphatic rings. The van der Waals surface area contributed by atoms with Gasteiger partial charge >= 0.3 is 0 Å². The average molecular weight is 373 g/mol. The fraction of sp³-hybridized carbons (Fsp3) is 0.100. The van der Waals surface area contributed by atoms with E-state index in [0.29, 0.717) is 24.5 Å². The van der Waals surface area contributed by atoms with Gasteiger partial charge in [-0.2, -0.15) is 5.10 Å². The van der Waals surface area contributed by atoms with Crippen LogP contribution in [0.5, 0.6) is 0 Å². The van der Waals surface area contributed by atoms with Crippen molar-refractivity contribution in [2.24, 2.45) is 0 Å². The van der Waals surface area contributed by atoms with Crippen LogP contribution in [0.4, 0.5) is 5.82 Å². The molecule has 2 N–H and O–H groups in total. The Morgan fingerprint density at radius 3 is 2.57 bits per heavy atom. The number of carbonyl (C=O) groups excluding carboxylic acids is 1. The number of anilines is 1. The number of benzene rings is 1. The molecule has 0 aliphatic heterocycles. The highest BCUT2D eigenvalue weighted by Gasteiger charge is 2.07. The van der Waals surface area contributed by atoms with Gasteiger partial charge in [-0.1, -0.05) is 6.07 Å². The highest BCUT2D eigenvalue weighted by Crippen LogP contribution is 2.10. The molecular formula is C20H19N7O. The first-order valence-electron chi connectivity index (χ1n) is 8.89. The Bertz CT molecular complexity index is 1020. The number of amides is 1.